The zero-order valence-corrected chi connectivity index (χ0v) is 48.9. The minimum Gasteiger partial charge on any atom is -0.491 e. The maximum absolute atomic E-state index is 13.9. The van der Waals surface area contributed by atoms with Crippen molar-refractivity contribution < 1.29 is 46.7 Å². The number of hydrogen-bond acceptors (Lipinski definition) is 17. The first kappa shape index (κ1) is 62.1. The van der Waals surface area contributed by atoms with Crippen LogP contribution in [-0.4, -0.2) is 151 Å². The summed E-state index contributed by atoms with van der Waals surface area (Å²) in [6.45, 7) is 23.4. The van der Waals surface area contributed by atoms with E-state index < -0.39 is 14.7 Å². The minimum atomic E-state index is -3.28. The van der Waals surface area contributed by atoms with Crippen molar-refractivity contribution in [1.82, 2.24) is 25.1 Å². The van der Waals surface area contributed by atoms with Crippen molar-refractivity contribution in [1.29, 1.82) is 0 Å². The van der Waals surface area contributed by atoms with E-state index in [2.05, 4.69) is 62.4 Å². The molecule has 19 heteroatoms. The van der Waals surface area contributed by atoms with Crippen molar-refractivity contribution in [2.45, 2.75) is 80.3 Å². The Morgan fingerprint density at radius 2 is 0.974 bits per heavy atom. The van der Waals surface area contributed by atoms with Gasteiger partial charge in [-0.3, -0.25) is 28.5 Å². The number of pyridine rings is 2. The summed E-state index contributed by atoms with van der Waals surface area (Å²) in [4.78, 5) is 42.4. The maximum atomic E-state index is 13.9. The number of carbonyl (C=O) groups excluding carboxylic acids is 2. The number of benzene rings is 2. The second kappa shape index (κ2) is 31.6. The Morgan fingerprint density at radius 3 is 1.35 bits per heavy atom. The van der Waals surface area contributed by atoms with Gasteiger partial charge >= 0.3 is 11.9 Å². The molecule has 0 spiro atoms. The molecule has 1 saturated heterocycles. The predicted octanol–water partition coefficient (Wildman–Crippen LogP) is 7.68. The highest BCUT2D eigenvalue weighted by atomic mass is 31.2. The van der Waals surface area contributed by atoms with Gasteiger partial charge in [-0.25, -0.2) is 9.97 Å². The lowest BCUT2D eigenvalue weighted by atomic mass is 10.1. The molecule has 2 aromatic carbocycles. The van der Waals surface area contributed by atoms with Crippen molar-refractivity contribution in [2.75, 3.05) is 129 Å². The van der Waals surface area contributed by atoms with E-state index in [1.807, 2.05) is 76.5 Å². The average Bonchev–Trinajstić information content (AvgIpc) is 3.51. The Balaban J connectivity index is 1.37. The van der Waals surface area contributed by atoms with Gasteiger partial charge in [0, 0.05) is 128 Å². The number of nitrogens with zero attached hydrogens (tertiary/aromatic N) is 6. The Hall–Kier alpha value is -5.74. The molecule has 4 aromatic rings. The summed E-state index contributed by atoms with van der Waals surface area (Å²) < 4.78 is 61.8. The van der Waals surface area contributed by atoms with E-state index in [9.17, 15) is 18.7 Å². The van der Waals surface area contributed by atoms with E-state index >= 15 is 0 Å². The molecule has 0 saturated carbocycles. The van der Waals surface area contributed by atoms with Crippen molar-refractivity contribution in [3.8, 4) is 35.2 Å². The van der Waals surface area contributed by atoms with Crippen molar-refractivity contribution in [3.05, 3.63) is 94.3 Å². The fourth-order valence-corrected chi connectivity index (χ4v) is 10.9. The van der Waals surface area contributed by atoms with Gasteiger partial charge in [-0.05, 0) is 115 Å². The SMILES string of the molecule is CCOC(=O)CCCOc1ccc(C#Cc2cc(CN3CCNCCN(Cc4cc(C#Cc5ccc(OCCCC(=O)OCC)c(N(C)CC)c5)cc(P(C)(=O)OCC)n4)CC3)nc(P(C)(=O)OCC)c2)cc1N(C)CC. The van der Waals surface area contributed by atoms with Gasteiger partial charge in [-0.15, -0.1) is 0 Å². The molecule has 17 nitrogen and oxygen atoms in total. The monoisotopic (exact) mass is 1100 g/mol. The third kappa shape index (κ3) is 20.2. The molecule has 0 amide bonds. The molecule has 2 unspecified atom stereocenters. The topological polar surface area (TPSA) is 174 Å². The van der Waals surface area contributed by atoms with Crippen LogP contribution in [0.5, 0.6) is 11.5 Å². The number of ether oxygens (including phenoxy) is 4. The van der Waals surface area contributed by atoms with Gasteiger partial charge in [0.05, 0.1) is 62.4 Å². The highest BCUT2D eigenvalue weighted by Crippen LogP contribution is 2.41. The summed E-state index contributed by atoms with van der Waals surface area (Å²) in [5.41, 5.74) is 6.85. The quantitative estimate of drug-likeness (QED) is 0.0280. The van der Waals surface area contributed by atoms with E-state index in [4.69, 9.17) is 38.0 Å². The molecule has 1 fully saturated rings. The smallest absolute Gasteiger partial charge is 0.305 e. The summed E-state index contributed by atoms with van der Waals surface area (Å²) in [7, 11) is -2.57. The standard InChI is InChI=1S/C58H81N7O10P2/c1-11-62(7)51-39-45(25-27-53(51)72-35-17-19-57(66)70-13-3)21-23-47-37-49(60-55(41-47)76(9,68)74-15-5)43-64-31-29-59-30-32-65(34-33-64)44-50-38-48(42-56(61-50)77(10,69)75-16-6)24-22-46-26-28-54(52(40-46)63(8)12-2)73-36-18-20-58(67)71-14-4/h25-28,37-42,59H,11-20,29-36,43-44H2,1-10H3. The van der Waals surface area contributed by atoms with Crippen LogP contribution in [0.15, 0.2) is 60.7 Å². The van der Waals surface area contributed by atoms with E-state index in [1.165, 1.54) is 0 Å². The van der Waals surface area contributed by atoms with E-state index in [0.29, 0.717) is 98.9 Å². The van der Waals surface area contributed by atoms with Gasteiger partial charge in [0.1, 0.15) is 22.4 Å². The average molecular weight is 1100 g/mol. The lowest BCUT2D eigenvalue weighted by Gasteiger charge is -2.26. The highest BCUT2D eigenvalue weighted by Gasteiger charge is 2.25. The Bertz CT molecular complexity index is 2620. The van der Waals surface area contributed by atoms with Gasteiger partial charge in [0.15, 0.2) is 0 Å². The van der Waals surface area contributed by atoms with Crippen LogP contribution < -0.4 is 35.5 Å². The second-order valence-corrected chi connectivity index (χ2v) is 23.5. The van der Waals surface area contributed by atoms with Crippen LogP contribution in [0.3, 0.4) is 0 Å². The van der Waals surface area contributed by atoms with Crippen LogP contribution >= 0.6 is 14.7 Å². The van der Waals surface area contributed by atoms with E-state index in [0.717, 1.165) is 73.2 Å². The third-order valence-corrected chi connectivity index (χ3v) is 16.2. The van der Waals surface area contributed by atoms with Gasteiger partial charge in [-0.1, -0.05) is 23.7 Å². The summed E-state index contributed by atoms with van der Waals surface area (Å²) in [5, 5.41) is 3.59. The molecule has 0 aliphatic carbocycles. The molecule has 0 bridgehead atoms. The molecule has 1 N–H and O–H groups in total. The summed E-state index contributed by atoms with van der Waals surface area (Å²) in [6, 6.07) is 19.1. The first-order valence-corrected chi connectivity index (χ1v) is 31.1. The molecule has 3 heterocycles. The first-order valence-electron chi connectivity index (χ1n) is 26.9. The third-order valence-electron chi connectivity index (χ3n) is 12.6. The molecule has 1 aliphatic heterocycles. The molecule has 418 valence electrons. The van der Waals surface area contributed by atoms with Crippen LogP contribution in [-0.2, 0) is 50.3 Å². The normalized spacial score (nSPS) is 14.7. The fourth-order valence-electron chi connectivity index (χ4n) is 8.30. The van der Waals surface area contributed by atoms with Crippen LogP contribution in [0.2, 0.25) is 0 Å². The van der Waals surface area contributed by atoms with Crippen molar-refractivity contribution >= 4 is 48.9 Å². The van der Waals surface area contributed by atoms with Gasteiger partial charge in [0.25, 0.3) is 0 Å². The zero-order chi connectivity index (χ0) is 55.8. The molecule has 1 aliphatic rings. The fraction of sp³-hybridized carbons (Fsp3) is 0.517. The molecular formula is C58H81N7O10P2. The maximum Gasteiger partial charge on any atom is 0.305 e. The number of esters is 2. The van der Waals surface area contributed by atoms with Crippen molar-refractivity contribution in [3.63, 3.8) is 0 Å². The lowest BCUT2D eigenvalue weighted by molar-refractivity contribution is -0.144. The highest BCUT2D eigenvalue weighted by molar-refractivity contribution is 7.66. The molecule has 2 atom stereocenters. The first-order chi connectivity index (χ1) is 37.0. The van der Waals surface area contributed by atoms with Crippen molar-refractivity contribution in [2.24, 2.45) is 0 Å². The summed E-state index contributed by atoms with van der Waals surface area (Å²) in [5.74, 6) is 14.2. The van der Waals surface area contributed by atoms with Gasteiger partial charge in [-0.2, -0.15) is 0 Å². The molecule has 0 radical (unpaired) electrons. The number of nitrogens with one attached hydrogen (secondary N) is 1. The largest absolute Gasteiger partial charge is 0.491 e. The summed E-state index contributed by atoms with van der Waals surface area (Å²) in [6.07, 6.45) is 1.66. The lowest BCUT2D eigenvalue weighted by Crippen LogP contribution is -2.36. The van der Waals surface area contributed by atoms with Crippen LogP contribution in [0.4, 0.5) is 11.4 Å². The number of hydrogen-bond donors (Lipinski definition) is 1. The second-order valence-electron chi connectivity index (χ2n) is 18.6. The van der Waals surface area contributed by atoms with Gasteiger partial charge in [0.2, 0.25) is 14.7 Å². The van der Waals surface area contributed by atoms with Crippen LogP contribution in [0.25, 0.3) is 0 Å². The van der Waals surface area contributed by atoms with E-state index in [-0.39, 0.29) is 38.0 Å². The molecule has 2 aromatic heterocycles. The van der Waals surface area contributed by atoms with Gasteiger partial charge < -0.3 is 43.1 Å². The number of carbonyl (C=O) groups is 2. The van der Waals surface area contributed by atoms with Crippen LogP contribution in [0.1, 0.15) is 101 Å². The predicted molar refractivity (Wildman–Crippen MR) is 307 cm³/mol. The minimum absolute atomic E-state index is 0.237. The number of rotatable bonds is 26. The van der Waals surface area contributed by atoms with Crippen LogP contribution in [0, 0.1) is 23.7 Å². The zero-order valence-electron chi connectivity index (χ0n) is 47.1. The molecule has 5 rings (SSSR count). The molecular weight excluding hydrogens is 1020 g/mol. The molecule has 77 heavy (non-hydrogen) atoms. The Labute approximate surface area is 458 Å². The Kier molecular flexibility index (Phi) is 25.5. The van der Waals surface area contributed by atoms with E-state index in [1.54, 1.807) is 39.3 Å². The number of anilines is 2. The summed E-state index contributed by atoms with van der Waals surface area (Å²) >= 11 is 0. The number of aromatic nitrogens is 2. The Morgan fingerprint density at radius 1 is 0.571 bits per heavy atom.